The molecule has 0 saturated heterocycles. The van der Waals surface area contributed by atoms with Gasteiger partial charge < -0.3 is 10.1 Å². The monoisotopic (exact) mass is 259 g/mol. The summed E-state index contributed by atoms with van der Waals surface area (Å²) in [6, 6.07) is 7.00. The Kier molecular flexibility index (Phi) is 5.03. The van der Waals surface area contributed by atoms with E-state index in [2.05, 4.69) is 37.0 Å². The molecule has 2 nitrogen and oxygen atoms in total. The second-order valence-electron chi connectivity index (χ2n) is 5.26. The highest BCUT2D eigenvalue weighted by molar-refractivity contribution is 5.44. The third-order valence-electron chi connectivity index (χ3n) is 4.06. The van der Waals surface area contributed by atoms with Crippen molar-refractivity contribution in [1.29, 1.82) is 0 Å². The standard InChI is InChI=1S/C17H25NO/c1-4-7-14-13-8-6-9-17(19-3)15(13)10-11-16(14)18-12-5-2/h4,6,8-9,14,16,18H,1,5,7,10-12H2,2-3H3/t14-,16+/m0/s1. The molecule has 2 rings (SSSR count). The van der Waals surface area contributed by atoms with Crippen molar-refractivity contribution in [2.45, 2.75) is 44.6 Å². The molecule has 1 N–H and O–H groups in total. The highest BCUT2D eigenvalue weighted by Crippen LogP contribution is 2.38. The Morgan fingerprint density at radius 1 is 1.47 bits per heavy atom. The van der Waals surface area contributed by atoms with Crippen LogP contribution in [0.5, 0.6) is 5.75 Å². The first-order chi connectivity index (χ1) is 9.31. The minimum atomic E-state index is 0.530. The molecule has 2 atom stereocenters. The fourth-order valence-electron chi connectivity index (χ4n) is 3.15. The topological polar surface area (TPSA) is 21.3 Å². The zero-order valence-corrected chi connectivity index (χ0v) is 12.1. The lowest BCUT2D eigenvalue weighted by Gasteiger charge is -2.34. The van der Waals surface area contributed by atoms with Gasteiger partial charge in [-0.05, 0) is 49.4 Å². The maximum atomic E-state index is 5.51. The van der Waals surface area contributed by atoms with Crippen LogP contribution in [0.3, 0.4) is 0 Å². The summed E-state index contributed by atoms with van der Waals surface area (Å²) in [7, 11) is 1.76. The predicted octanol–water partition coefficient (Wildman–Crippen LogP) is 3.67. The van der Waals surface area contributed by atoms with Crippen LogP contribution in [0.4, 0.5) is 0 Å². The van der Waals surface area contributed by atoms with Crippen molar-refractivity contribution in [3.8, 4) is 5.75 Å². The van der Waals surface area contributed by atoms with Crippen molar-refractivity contribution in [2.24, 2.45) is 0 Å². The summed E-state index contributed by atoms with van der Waals surface area (Å²) in [6.45, 7) is 7.24. The molecular formula is C17H25NO. The second kappa shape index (κ2) is 6.76. The van der Waals surface area contributed by atoms with Crippen molar-refractivity contribution >= 4 is 0 Å². The van der Waals surface area contributed by atoms with Crippen LogP contribution in [-0.2, 0) is 6.42 Å². The molecule has 1 aliphatic carbocycles. The summed E-state index contributed by atoms with van der Waals surface area (Å²) in [4.78, 5) is 0. The fraction of sp³-hybridized carbons (Fsp3) is 0.529. The molecule has 0 fully saturated rings. The zero-order valence-electron chi connectivity index (χ0n) is 12.1. The molecule has 0 bridgehead atoms. The highest BCUT2D eigenvalue weighted by Gasteiger charge is 2.29. The molecule has 0 amide bonds. The smallest absolute Gasteiger partial charge is 0.122 e. The summed E-state index contributed by atoms with van der Waals surface area (Å²) >= 11 is 0. The van der Waals surface area contributed by atoms with Gasteiger partial charge in [-0.3, -0.25) is 0 Å². The van der Waals surface area contributed by atoms with Crippen LogP contribution in [0.1, 0.15) is 43.2 Å². The van der Waals surface area contributed by atoms with E-state index < -0.39 is 0 Å². The molecule has 0 unspecified atom stereocenters. The highest BCUT2D eigenvalue weighted by atomic mass is 16.5. The van der Waals surface area contributed by atoms with E-state index >= 15 is 0 Å². The van der Waals surface area contributed by atoms with Crippen molar-refractivity contribution in [1.82, 2.24) is 5.32 Å². The van der Waals surface area contributed by atoms with Crippen molar-refractivity contribution in [3.05, 3.63) is 42.0 Å². The van der Waals surface area contributed by atoms with Crippen LogP contribution in [0.25, 0.3) is 0 Å². The van der Waals surface area contributed by atoms with E-state index in [1.54, 1.807) is 7.11 Å². The Hall–Kier alpha value is -1.28. The largest absolute Gasteiger partial charge is 0.496 e. The van der Waals surface area contributed by atoms with Gasteiger partial charge in [0.15, 0.2) is 0 Å². The van der Waals surface area contributed by atoms with Crippen LogP contribution >= 0.6 is 0 Å². The Balaban J connectivity index is 2.29. The van der Waals surface area contributed by atoms with E-state index in [4.69, 9.17) is 4.74 Å². The number of benzene rings is 1. The van der Waals surface area contributed by atoms with Gasteiger partial charge in [-0.25, -0.2) is 0 Å². The van der Waals surface area contributed by atoms with Gasteiger partial charge in [-0.15, -0.1) is 6.58 Å². The van der Waals surface area contributed by atoms with E-state index in [1.165, 1.54) is 24.0 Å². The van der Waals surface area contributed by atoms with Gasteiger partial charge in [-0.1, -0.05) is 25.1 Å². The maximum Gasteiger partial charge on any atom is 0.122 e. The molecule has 0 radical (unpaired) electrons. The van der Waals surface area contributed by atoms with E-state index in [0.717, 1.165) is 25.1 Å². The quantitative estimate of drug-likeness (QED) is 0.787. The molecule has 0 aromatic heterocycles. The first kappa shape index (κ1) is 14.1. The lowest BCUT2D eigenvalue weighted by atomic mass is 9.77. The minimum absolute atomic E-state index is 0.530. The number of hydrogen-bond donors (Lipinski definition) is 1. The first-order valence-corrected chi connectivity index (χ1v) is 7.31. The summed E-state index contributed by atoms with van der Waals surface area (Å²) in [5.41, 5.74) is 2.84. The van der Waals surface area contributed by atoms with Crippen LogP contribution in [-0.4, -0.2) is 19.7 Å². The van der Waals surface area contributed by atoms with Gasteiger partial charge in [0.05, 0.1) is 7.11 Å². The first-order valence-electron chi connectivity index (χ1n) is 7.31. The normalized spacial score (nSPS) is 21.8. The van der Waals surface area contributed by atoms with Crippen molar-refractivity contribution < 1.29 is 4.74 Å². The van der Waals surface area contributed by atoms with Crippen LogP contribution in [0.15, 0.2) is 30.9 Å². The molecule has 1 aromatic carbocycles. The summed E-state index contributed by atoms with van der Waals surface area (Å²) in [6.07, 6.45) is 6.55. The van der Waals surface area contributed by atoms with Gasteiger partial charge in [-0.2, -0.15) is 0 Å². The lowest BCUT2D eigenvalue weighted by molar-refractivity contribution is 0.369. The molecule has 1 aliphatic rings. The Morgan fingerprint density at radius 2 is 2.32 bits per heavy atom. The average molecular weight is 259 g/mol. The summed E-state index contributed by atoms with van der Waals surface area (Å²) < 4.78 is 5.51. The van der Waals surface area contributed by atoms with Gasteiger partial charge in [0, 0.05) is 12.0 Å². The van der Waals surface area contributed by atoms with E-state index in [1.807, 2.05) is 6.08 Å². The van der Waals surface area contributed by atoms with Crippen molar-refractivity contribution in [2.75, 3.05) is 13.7 Å². The SMILES string of the molecule is C=CC[C@H]1c2cccc(OC)c2CC[C@H]1NCCC. The molecule has 104 valence electrons. The van der Waals surface area contributed by atoms with Gasteiger partial charge in [0.1, 0.15) is 5.75 Å². The lowest BCUT2D eigenvalue weighted by Crippen LogP contribution is -2.38. The molecule has 0 spiro atoms. The minimum Gasteiger partial charge on any atom is -0.496 e. The Labute approximate surface area is 116 Å². The Bertz CT molecular complexity index is 427. The number of allylic oxidation sites excluding steroid dienone is 1. The van der Waals surface area contributed by atoms with E-state index in [9.17, 15) is 0 Å². The molecule has 0 aliphatic heterocycles. The van der Waals surface area contributed by atoms with Crippen LogP contribution in [0, 0.1) is 0 Å². The van der Waals surface area contributed by atoms with E-state index in [0.29, 0.717) is 12.0 Å². The number of ether oxygens (including phenoxy) is 1. The second-order valence-corrected chi connectivity index (χ2v) is 5.26. The van der Waals surface area contributed by atoms with Crippen LogP contribution in [0.2, 0.25) is 0 Å². The van der Waals surface area contributed by atoms with E-state index in [-0.39, 0.29) is 0 Å². The fourth-order valence-corrected chi connectivity index (χ4v) is 3.15. The molecular weight excluding hydrogens is 234 g/mol. The Morgan fingerprint density at radius 3 is 3.00 bits per heavy atom. The van der Waals surface area contributed by atoms with Gasteiger partial charge in [0.2, 0.25) is 0 Å². The summed E-state index contributed by atoms with van der Waals surface area (Å²) in [5, 5.41) is 3.70. The number of fused-ring (bicyclic) bond motifs is 1. The number of hydrogen-bond acceptors (Lipinski definition) is 2. The summed E-state index contributed by atoms with van der Waals surface area (Å²) in [5.74, 6) is 1.57. The predicted molar refractivity (Wildman–Crippen MR) is 81.0 cm³/mol. The molecule has 19 heavy (non-hydrogen) atoms. The average Bonchev–Trinajstić information content (AvgIpc) is 2.46. The number of methoxy groups -OCH3 is 1. The third kappa shape index (κ3) is 3.01. The van der Waals surface area contributed by atoms with Gasteiger partial charge in [0.25, 0.3) is 0 Å². The molecule has 0 saturated carbocycles. The zero-order chi connectivity index (χ0) is 13.7. The third-order valence-corrected chi connectivity index (χ3v) is 4.06. The molecule has 1 aromatic rings. The molecule has 0 heterocycles. The maximum absolute atomic E-state index is 5.51. The van der Waals surface area contributed by atoms with Gasteiger partial charge >= 0.3 is 0 Å². The molecule has 2 heteroatoms. The van der Waals surface area contributed by atoms with Crippen LogP contribution < -0.4 is 10.1 Å². The van der Waals surface area contributed by atoms with Crippen molar-refractivity contribution in [3.63, 3.8) is 0 Å². The number of rotatable bonds is 6. The number of nitrogens with one attached hydrogen (secondary N) is 1.